The molecule has 0 bridgehead atoms. The Morgan fingerprint density at radius 3 is 2.58 bits per heavy atom. The molecule has 1 aromatic rings. The van der Waals surface area contributed by atoms with E-state index in [9.17, 15) is 0 Å². The van der Waals surface area contributed by atoms with Gasteiger partial charge in [0, 0.05) is 24.7 Å². The first kappa shape index (κ1) is 15.8. The zero-order valence-corrected chi connectivity index (χ0v) is 12.7. The zero-order chi connectivity index (χ0) is 14.3. The molecule has 0 aliphatic heterocycles. The highest BCUT2D eigenvalue weighted by Gasteiger charge is 2.07. The Bertz CT molecular complexity index is 378. The third kappa shape index (κ3) is 5.94. The van der Waals surface area contributed by atoms with Crippen molar-refractivity contribution in [3.05, 3.63) is 23.8 Å². The monoisotopic (exact) mass is 266 g/mol. The number of rotatable bonds is 8. The van der Waals surface area contributed by atoms with Crippen molar-refractivity contribution >= 4 is 0 Å². The smallest absolute Gasteiger partial charge is 0.124 e. The lowest BCUT2D eigenvalue weighted by Gasteiger charge is -2.16. The number of hydrogen-bond donors (Lipinski definition) is 1. The molecule has 1 aromatic carbocycles. The van der Waals surface area contributed by atoms with Gasteiger partial charge in [0.1, 0.15) is 18.1 Å². The SMILES string of the molecule is COc1ccc(OCCN(C)C)c(CNC(C)C)c1. The van der Waals surface area contributed by atoms with Gasteiger partial charge in [-0.3, -0.25) is 0 Å². The summed E-state index contributed by atoms with van der Waals surface area (Å²) in [5, 5.41) is 3.41. The fourth-order valence-electron chi connectivity index (χ4n) is 1.61. The quantitative estimate of drug-likeness (QED) is 0.781. The van der Waals surface area contributed by atoms with E-state index in [-0.39, 0.29) is 0 Å². The number of likely N-dealkylation sites (N-methyl/N-ethyl adjacent to an activating group) is 1. The first-order valence-electron chi connectivity index (χ1n) is 6.70. The van der Waals surface area contributed by atoms with E-state index in [1.807, 2.05) is 32.3 Å². The van der Waals surface area contributed by atoms with E-state index in [0.717, 1.165) is 30.2 Å². The van der Waals surface area contributed by atoms with Gasteiger partial charge in [-0.1, -0.05) is 13.8 Å². The molecule has 4 nitrogen and oxygen atoms in total. The van der Waals surface area contributed by atoms with E-state index in [1.54, 1.807) is 7.11 Å². The summed E-state index contributed by atoms with van der Waals surface area (Å²) in [5.74, 6) is 1.79. The van der Waals surface area contributed by atoms with Crippen molar-refractivity contribution in [2.24, 2.45) is 0 Å². The zero-order valence-electron chi connectivity index (χ0n) is 12.7. The van der Waals surface area contributed by atoms with Gasteiger partial charge in [0.25, 0.3) is 0 Å². The number of hydrogen-bond acceptors (Lipinski definition) is 4. The van der Waals surface area contributed by atoms with Crippen LogP contribution in [0.4, 0.5) is 0 Å². The Morgan fingerprint density at radius 1 is 1.26 bits per heavy atom. The highest BCUT2D eigenvalue weighted by atomic mass is 16.5. The first-order valence-corrected chi connectivity index (χ1v) is 6.70. The minimum absolute atomic E-state index is 0.445. The van der Waals surface area contributed by atoms with Gasteiger partial charge >= 0.3 is 0 Å². The number of nitrogens with zero attached hydrogens (tertiary/aromatic N) is 1. The second kappa shape index (κ2) is 8.02. The molecule has 0 atom stereocenters. The largest absolute Gasteiger partial charge is 0.497 e. The van der Waals surface area contributed by atoms with Crippen molar-refractivity contribution in [1.29, 1.82) is 0 Å². The fourth-order valence-corrected chi connectivity index (χ4v) is 1.61. The molecule has 0 amide bonds. The highest BCUT2D eigenvalue weighted by Crippen LogP contribution is 2.24. The molecule has 0 heterocycles. The summed E-state index contributed by atoms with van der Waals surface area (Å²) in [4.78, 5) is 2.11. The van der Waals surface area contributed by atoms with Crippen LogP contribution in [-0.2, 0) is 6.54 Å². The summed E-state index contributed by atoms with van der Waals surface area (Å²) in [5.41, 5.74) is 1.13. The average Bonchev–Trinajstić information content (AvgIpc) is 2.36. The molecule has 1 N–H and O–H groups in total. The van der Waals surface area contributed by atoms with Crippen LogP contribution in [0.2, 0.25) is 0 Å². The number of methoxy groups -OCH3 is 1. The van der Waals surface area contributed by atoms with E-state index in [1.165, 1.54) is 0 Å². The van der Waals surface area contributed by atoms with Gasteiger partial charge in [-0.25, -0.2) is 0 Å². The maximum Gasteiger partial charge on any atom is 0.124 e. The lowest BCUT2D eigenvalue weighted by Crippen LogP contribution is -2.23. The predicted molar refractivity (Wildman–Crippen MR) is 79.0 cm³/mol. The molecule has 4 heteroatoms. The van der Waals surface area contributed by atoms with Gasteiger partial charge < -0.3 is 19.7 Å². The topological polar surface area (TPSA) is 33.7 Å². The van der Waals surface area contributed by atoms with E-state index in [0.29, 0.717) is 12.6 Å². The van der Waals surface area contributed by atoms with Crippen LogP contribution in [0.3, 0.4) is 0 Å². The van der Waals surface area contributed by atoms with E-state index in [4.69, 9.17) is 9.47 Å². The molecule has 0 aliphatic rings. The van der Waals surface area contributed by atoms with Crippen LogP contribution < -0.4 is 14.8 Å². The summed E-state index contributed by atoms with van der Waals surface area (Å²) in [7, 11) is 5.76. The first-order chi connectivity index (χ1) is 9.02. The van der Waals surface area contributed by atoms with Crippen LogP contribution in [-0.4, -0.2) is 45.3 Å². The number of benzene rings is 1. The highest BCUT2D eigenvalue weighted by molar-refractivity contribution is 5.40. The van der Waals surface area contributed by atoms with Gasteiger partial charge in [-0.05, 0) is 32.3 Å². The fraction of sp³-hybridized carbons (Fsp3) is 0.600. The molecule has 0 aromatic heterocycles. The van der Waals surface area contributed by atoms with Crippen LogP contribution in [0, 0.1) is 0 Å². The Morgan fingerprint density at radius 2 is 2.00 bits per heavy atom. The van der Waals surface area contributed by atoms with Crippen molar-refractivity contribution in [3.8, 4) is 11.5 Å². The number of ether oxygens (including phenoxy) is 2. The molecule has 1 rings (SSSR count). The molecule has 0 spiro atoms. The minimum Gasteiger partial charge on any atom is -0.497 e. The van der Waals surface area contributed by atoms with E-state index in [2.05, 4.69) is 24.1 Å². The third-order valence-electron chi connectivity index (χ3n) is 2.76. The Kier molecular flexibility index (Phi) is 6.67. The second-order valence-corrected chi connectivity index (χ2v) is 5.16. The molecule has 0 fully saturated rings. The maximum absolute atomic E-state index is 5.84. The Hall–Kier alpha value is -1.26. The molecule has 0 radical (unpaired) electrons. The lowest BCUT2D eigenvalue weighted by atomic mass is 10.1. The van der Waals surface area contributed by atoms with E-state index >= 15 is 0 Å². The maximum atomic E-state index is 5.84. The van der Waals surface area contributed by atoms with Crippen LogP contribution in [0.25, 0.3) is 0 Å². The standard InChI is InChI=1S/C15H26N2O2/c1-12(2)16-11-13-10-14(18-5)6-7-15(13)19-9-8-17(3)4/h6-7,10,12,16H,8-9,11H2,1-5H3. The molecule has 0 saturated heterocycles. The van der Waals surface area contributed by atoms with Gasteiger partial charge in [-0.15, -0.1) is 0 Å². The van der Waals surface area contributed by atoms with Gasteiger partial charge in [0.2, 0.25) is 0 Å². The van der Waals surface area contributed by atoms with Gasteiger partial charge in [-0.2, -0.15) is 0 Å². The lowest BCUT2D eigenvalue weighted by molar-refractivity contribution is 0.258. The van der Waals surface area contributed by atoms with Crippen molar-refractivity contribution in [3.63, 3.8) is 0 Å². The van der Waals surface area contributed by atoms with Crippen LogP contribution in [0.15, 0.2) is 18.2 Å². The van der Waals surface area contributed by atoms with Gasteiger partial charge in [0.15, 0.2) is 0 Å². The molecular weight excluding hydrogens is 240 g/mol. The summed E-state index contributed by atoms with van der Waals surface area (Å²) in [6.07, 6.45) is 0. The van der Waals surface area contributed by atoms with Crippen LogP contribution >= 0.6 is 0 Å². The predicted octanol–water partition coefficient (Wildman–Crippen LogP) is 2.13. The van der Waals surface area contributed by atoms with Crippen molar-refractivity contribution in [2.75, 3.05) is 34.4 Å². The summed E-state index contributed by atoms with van der Waals surface area (Å²) in [6.45, 7) is 6.64. The second-order valence-electron chi connectivity index (χ2n) is 5.16. The molecule has 19 heavy (non-hydrogen) atoms. The summed E-state index contributed by atoms with van der Waals surface area (Å²) >= 11 is 0. The summed E-state index contributed by atoms with van der Waals surface area (Å²) < 4.78 is 11.1. The van der Waals surface area contributed by atoms with Crippen molar-refractivity contribution in [2.45, 2.75) is 26.4 Å². The molecule has 0 aliphatic carbocycles. The Labute approximate surface area is 116 Å². The molecule has 108 valence electrons. The molecule has 0 saturated carbocycles. The Balaban J connectivity index is 2.70. The molecular formula is C15H26N2O2. The molecule has 0 unspecified atom stereocenters. The van der Waals surface area contributed by atoms with Gasteiger partial charge in [0.05, 0.1) is 7.11 Å². The van der Waals surface area contributed by atoms with Crippen LogP contribution in [0.5, 0.6) is 11.5 Å². The summed E-state index contributed by atoms with van der Waals surface area (Å²) in [6, 6.07) is 6.39. The minimum atomic E-state index is 0.445. The van der Waals surface area contributed by atoms with Crippen LogP contribution in [0.1, 0.15) is 19.4 Å². The van der Waals surface area contributed by atoms with E-state index < -0.39 is 0 Å². The normalized spacial score (nSPS) is 11.1. The van der Waals surface area contributed by atoms with Crippen molar-refractivity contribution in [1.82, 2.24) is 10.2 Å². The van der Waals surface area contributed by atoms with Crippen molar-refractivity contribution < 1.29 is 9.47 Å². The average molecular weight is 266 g/mol. The number of nitrogens with one attached hydrogen (secondary N) is 1. The third-order valence-corrected chi connectivity index (χ3v) is 2.76.